The topological polar surface area (TPSA) is 53.1 Å². The number of aryl methyl sites for hydroxylation is 1. The van der Waals surface area contributed by atoms with Crippen LogP contribution in [0.15, 0.2) is 34.9 Å². The molecule has 3 rings (SSSR count). The van der Waals surface area contributed by atoms with Gasteiger partial charge in [0.1, 0.15) is 5.75 Å². The van der Waals surface area contributed by atoms with Crippen molar-refractivity contribution in [3.63, 3.8) is 0 Å². The Morgan fingerprint density at radius 1 is 1.50 bits per heavy atom. The van der Waals surface area contributed by atoms with Gasteiger partial charge >= 0.3 is 0 Å². The van der Waals surface area contributed by atoms with Gasteiger partial charge in [-0.2, -0.15) is 5.10 Å². The third-order valence-electron chi connectivity index (χ3n) is 3.75. The minimum atomic E-state index is -0.123. The van der Waals surface area contributed by atoms with E-state index in [-0.39, 0.29) is 12.0 Å². The Balaban J connectivity index is 1.94. The lowest BCUT2D eigenvalue weighted by molar-refractivity contribution is 0.310. The van der Waals surface area contributed by atoms with Gasteiger partial charge in [0.05, 0.1) is 29.0 Å². The number of aromatic nitrogens is 2. The molecule has 0 saturated carbocycles. The van der Waals surface area contributed by atoms with E-state index in [1.807, 2.05) is 29.1 Å². The molecular weight excluding hydrogens is 318 g/mol. The number of halogens is 1. The summed E-state index contributed by atoms with van der Waals surface area (Å²) < 4.78 is 8.72. The monoisotopic (exact) mass is 335 g/mol. The second-order valence-corrected chi connectivity index (χ2v) is 5.94. The first-order chi connectivity index (χ1) is 9.72. The summed E-state index contributed by atoms with van der Waals surface area (Å²) in [6.45, 7) is 3.65. The molecule has 0 spiro atoms. The molecule has 0 radical (unpaired) electrons. The van der Waals surface area contributed by atoms with Crippen molar-refractivity contribution in [2.75, 3.05) is 6.61 Å². The standard InChI is InChI=1S/C15H18BrN3O/c1-2-7-19-15(12(16)8-18-19)14(17)11-9-20-13-6-4-3-5-10(11)13/h3-6,8,11,14H,2,7,9,17H2,1H3. The number of nitrogens with zero attached hydrogens (tertiary/aromatic N) is 2. The summed E-state index contributed by atoms with van der Waals surface area (Å²) in [6, 6.07) is 8.00. The van der Waals surface area contributed by atoms with Crippen molar-refractivity contribution in [3.05, 3.63) is 46.2 Å². The summed E-state index contributed by atoms with van der Waals surface area (Å²) in [6.07, 6.45) is 2.86. The van der Waals surface area contributed by atoms with Gasteiger partial charge in [-0.3, -0.25) is 4.68 Å². The Morgan fingerprint density at radius 3 is 3.10 bits per heavy atom. The second kappa shape index (κ2) is 5.58. The van der Waals surface area contributed by atoms with Gasteiger partial charge in [0, 0.05) is 18.0 Å². The number of hydrogen-bond acceptors (Lipinski definition) is 3. The predicted octanol–water partition coefficient (Wildman–Crippen LogP) is 3.23. The molecule has 2 heterocycles. The minimum absolute atomic E-state index is 0.123. The van der Waals surface area contributed by atoms with E-state index in [2.05, 4.69) is 34.0 Å². The number of ether oxygens (including phenoxy) is 1. The van der Waals surface area contributed by atoms with E-state index in [9.17, 15) is 0 Å². The average Bonchev–Trinajstić information content (AvgIpc) is 3.03. The molecule has 1 aliphatic heterocycles. The first-order valence-electron chi connectivity index (χ1n) is 6.91. The Labute approximate surface area is 127 Å². The lowest BCUT2D eigenvalue weighted by Crippen LogP contribution is -2.24. The van der Waals surface area contributed by atoms with Gasteiger partial charge in [-0.05, 0) is 28.4 Å². The first-order valence-corrected chi connectivity index (χ1v) is 7.70. The first kappa shape index (κ1) is 13.6. The molecule has 2 atom stereocenters. The van der Waals surface area contributed by atoms with E-state index in [0.717, 1.165) is 28.9 Å². The zero-order chi connectivity index (χ0) is 14.1. The SMILES string of the molecule is CCCn1ncc(Br)c1C(N)C1COc2ccccc21. The van der Waals surface area contributed by atoms with Crippen molar-refractivity contribution in [1.82, 2.24) is 9.78 Å². The summed E-state index contributed by atoms with van der Waals surface area (Å²) in [4.78, 5) is 0. The van der Waals surface area contributed by atoms with Crippen LogP contribution < -0.4 is 10.5 Å². The molecule has 106 valence electrons. The summed E-state index contributed by atoms with van der Waals surface area (Å²) in [5.74, 6) is 1.13. The van der Waals surface area contributed by atoms with E-state index in [0.29, 0.717) is 6.61 Å². The highest BCUT2D eigenvalue weighted by Gasteiger charge is 2.32. The molecule has 0 saturated heterocycles. The smallest absolute Gasteiger partial charge is 0.122 e. The predicted molar refractivity (Wildman–Crippen MR) is 81.8 cm³/mol. The Hall–Kier alpha value is -1.33. The normalized spacial score (nSPS) is 18.6. The molecule has 2 N–H and O–H groups in total. The van der Waals surface area contributed by atoms with Crippen LogP contribution in [0.3, 0.4) is 0 Å². The van der Waals surface area contributed by atoms with Crippen LogP contribution in [0.1, 0.15) is 36.6 Å². The van der Waals surface area contributed by atoms with Crippen molar-refractivity contribution < 1.29 is 4.74 Å². The summed E-state index contributed by atoms with van der Waals surface area (Å²) in [7, 11) is 0. The van der Waals surface area contributed by atoms with E-state index in [1.54, 1.807) is 0 Å². The molecule has 0 aliphatic carbocycles. The fourth-order valence-electron chi connectivity index (χ4n) is 2.77. The van der Waals surface area contributed by atoms with Crippen LogP contribution >= 0.6 is 15.9 Å². The summed E-state index contributed by atoms with van der Waals surface area (Å²) in [5, 5.41) is 4.40. The highest BCUT2D eigenvalue weighted by Crippen LogP contribution is 2.41. The van der Waals surface area contributed by atoms with E-state index < -0.39 is 0 Å². The molecule has 4 nitrogen and oxygen atoms in total. The van der Waals surface area contributed by atoms with Crippen molar-refractivity contribution in [2.45, 2.75) is 31.8 Å². The highest BCUT2D eigenvalue weighted by atomic mass is 79.9. The molecule has 0 amide bonds. The van der Waals surface area contributed by atoms with Crippen molar-refractivity contribution in [1.29, 1.82) is 0 Å². The maximum atomic E-state index is 6.52. The molecule has 1 aliphatic rings. The van der Waals surface area contributed by atoms with Gasteiger partial charge in [-0.15, -0.1) is 0 Å². The van der Waals surface area contributed by atoms with Crippen LogP contribution in [0, 0.1) is 0 Å². The minimum Gasteiger partial charge on any atom is -0.493 e. The number of rotatable bonds is 4. The van der Waals surface area contributed by atoms with Crippen LogP contribution in [0.25, 0.3) is 0 Å². The lowest BCUT2D eigenvalue weighted by Gasteiger charge is -2.20. The van der Waals surface area contributed by atoms with Gasteiger partial charge < -0.3 is 10.5 Å². The maximum absolute atomic E-state index is 6.52. The molecule has 2 aromatic rings. The fraction of sp³-hybridized carbons (Fsp3) is 0.400. The lowest BCUT2D eigenvalue weighted by atomic mass is 9.92. The number of para-hydroxylation sites is 1. The van der Waals surface area contributed by atoms with Gasteiger partial charge in [0.2, 0.25) is 0 Å². The van der Waals surface area contributed by atoms with Crippen LogP contribution in [0.5, 0.6) is 5.75 Å². The molecule has 1 aromatic heterocycles. The maximum Gasteiger partial charge on any atom is 0.122 e. The van der Waals surface area contributed by atoms with Crippen molar-refractivity contribution >= 4 is 15.9 Å². The van der Waals surface area contributed by atoms with Gasteiger partial charge in [-0.1, -0.05) is 25.1 Å². The Bertz CT molecular complexity index is 611. The largest absolute Gasteiger partial charge is 0.493 e. The second-order valence-electron chi connectivity index (χ2n) is 5.08. The molecule has 5 heteroatoms. The number of nitrogens with two attached hydrogens (primary N) is 1. The van der Waals surface area contributed by atoms with E-state index >= 15 is 0 Å². The molecular formula is C15H18BrN3O. The van der Waals surface area contributed by atoms with Gasteiger partial charge in [-0.25, -0.2) is 0 Å². The number of benzene rings is 1. The van der Waals surface area contributed by atoms with E-state index in [4.69, 9.17) is 10.5 Å². The molecule has 20 heavy (non-hydrogen) atoms. The number of fused-ring (bicyclic) bond motifs is 1. The zero-order valence-corrected chi connectivity index (χ0v) is 13.0. The van der Waals surface area contributed by atoms with Crippen molar-refractivity contribution in [3.8, 4) is 5.75 Å². The van der Waals surface area contributed by atoms with Crippen LogP contribution in [-0.4, -0.2) is 16.4 Å². The molecule has 0 bridgehead atoms. The third-order valence-corrected chi connectivity index (χ3v) is 4.37. The van der Waals surface area contributed by atoms with Crippen LogP contribution in [0.4, 0.5) is 0 Å². The fourth-order valence-corrected chi connectivity index (χ4v) is 3.33. The Kier molecular flexibility index (Phi) is 3.81. The average molecular weight is 336 g/mol. The van der Waals surface area contributed by atoms with Gasteiger partial charge in [0.15, 0.2) is 0 Å². The quantitative estimate of drug-likeness (QED) is 0.933. The molecule has 2 unspecified atom stereocenters. The van der Waals surface area contributed by atoms with Gasteiger partial charge in [0.25, 0.3) is 0 Å². The van der Waals surface area contributed by atoms with Crippen LogP contribution in [0.2, 0.25) is 0 Å². The van der Waals surface area contributed by atoms with E-state index in [1.165, 1.54) is 5.56 Å². The third kappa shape index (κ3) is 2.25. The summed E-state index contributed by atoms with van der Waals surface area (Å²) >= 11 is 3.57. The van der Waals surface area contributed by atoms with Crippen molar-refractivity contribution in [2.24, 2.45) is 5.73 Å². The van der Waals surface area contributed by atoms with Crippen LogP contribution in [-0.2, 0) is 6.54 Å². The highest BCUT2D eigenvalue weighted by molar-refractivity contribution is 9.10. The number of hydrogen-bond donors (Lipinski definition) is 1. The molecule has 0 fully saturated rings. The Morgan fingerprint density at radius 2 is 2.30 bits per heavy atom. The zero-order valence-electron chi connectivity index (χ0n) is 11.4. The summed E-state index contributed by atoms with van der Waals surface area (Å²) in [5.41, 5.74) is 8.76. The molecule has 1 aromatic carbocycles.